The van der Waals surface area contributed by atoms with E-state index in [1.807, 2.05) is 12.2 Å². The number of hydrogen-bond acceptors (Lipinski definition) is 16. The zero-order valence-corrected chi connectivity index (χ0v) is 25.9. The number of carbonyl (C=O) groups is 2. The van der Waals surface area contributed by atoms with Crippen LogP contribution in [0.2, 0.25) is 5.02 Å². The molecule has 7 N–H and O–H groups in total. The van der Waals surface area contributed by atoms with Gasteiger partial charge in [0.1, 0.15) is 31.7 Å². The number of esters is 2. The Balaban J connectivity index is 1.71. The fraction of sp³-hybridized carbons (Fsp3) is 0.586. The van der Waals surface area contributed by atoms with E-state index >= 15 is 0 Å². The van der Waals surface area contributed by atoms with Gasteiger partial charge < -0.3 is 29.5 Å². The second kappa shape index (κ2) is 22.0. The van der Waals surface area contributed by atoms with Crippen molar-refractivity contribution in [3.05, 3.63) is 53.6 Å². The van der Waals surface area contributed by atoms with E-state index in [1.54, 1.807) is 36.4 Å². The minimum absolute atomic E-state index is 0.00808. The molecule has 0 saturated heterocycles. The van der Waals surface area contributed by atoms with Gasteiger partial charge in [0, 0.05) is 30.2 Å². The second-order valence-corrected chi connectivity index (χ2v) is 10.9. The summed E-state index contributed by atoms with van der Waals surface area (Å²) in [5.74, 6) is -1.46. The van der Waals surface area contributed by atoms with Crippen LogP contribution in [-0.4, -0.2) is 110 Å². The predicted molar refractivity (Wildman–Crippen MR) is 156 cm³/mol. The molecule has 16 nitrogen and oxygen atoms in total. The van der Waals surface area contributed by atoms with Gasteiger partial charge in [-0.05, 0) is 49.8 Å². The molecule has 1 aliphatic rings. The van der Waals surface area contributed by atoms with Crippen molar-refractivity contribution in [2.75, 3.05) is 26.4 Å². The van der Waals surface area contributed by atoms with E-state index < -0.39 is 60.3 Å². The molecular formula is C29H43ClN2O14. The highest BCUT2D eigenvalue weighted by Gasteiger charge is 2.39. The van der Waals surface area contributed by atoms with Gasteiger partial charge in [-0.1, -0.05) is 42.0 Å². The maximum absolute atomic E-state index is 12.2. The lowest BCUT2D eigenvalue weighted by Crippen LogP contribution is -2.32. The van der Waals surface area contributed by atoms with E-state index in [0.29, 0.717) is 30.0 Å². The topological polar surface area (TPSA) is 228 Å². The maximum Gasteiger partial charge on any atom is 0.306 e. The molecule has 2 rings (SSSR count). The van der Waals surface area contributed by atoms with Crippen molar-refractivity contribution in [1.29, 1.82) is 0 Å². The molecule has 0 amide bonds. The van der Waals surface area contributed by atoms with Crippen LogP contribution in [0.5, 0.6) is 5.75 Å². The lowest BCUT2D eigenvalue weighted by Gasteiger charge is -2.19. The van der Waals surface area contributed by atoms with E-state index in [1.165, 1.54) is 0 Å². The Morgan fingerprint density at radius 1 is 0.957 bits per heavy atom. The summed E-state index contributed by atoms with van der Waals surface area (Å²) in [7, 11) is 0. The van der Waals surface area contributed by atoms with Crippen LogP contribution in [-0.2, 0) is 28.7 Å². The molecule has 1 unspecified atom stereocenters. The van der Waals surface area contributed by atoms with Crippen LogP contribution in [0.15, 0.2) is 48.6 Å². The van der Waals surface area contributed by atoms with Gasteiger partial charge in [0.2, 0.25) is 0 Å². The maximum atomic E-state index is 12.2. The third-order valence-corrected chi connectivity index (χ3v) is 7.09. The van der Waals surface area contributed by atoms with Crippen LogP contribution in [0.4, 0.5) is 0 Å². The zero-order valence-electron chi connectivity index (χ0n) is 25.1. The summed E-state index contributed by atoms with van der Waals surface area (Å²) in [4.78, 5) is 32.9. The van der Waals surface area contributed by atoms with Gasteiger partial charge in [0.15, 0.2) is 6.10 Å². The van der Waals surface area contributed by atoms with Gasteiger partial charge in [-0.2, -0.15) is 0 Å². The summed E-state index contributed by atoms with van der Waals surface area (Å²) in [5.41, 5.74) is 0. The molecule has 260 valence electrons. The highest BCUT2D eigenvalue weighted by molar-refractivity contribution is 6.30. The van der Waals surface area contributed by atoms with E-state index in [9.17, 15) is 24.9 Å². The first-order valence-corrected chi connectivity index (χ1v) is 15.0. The van der Waals surface area contributed by atoms with E-state index in [2.05, 4.69) is 9.68 Å². The third-order valence-electron chi connectivity index (χ3n) is 6.85. The smallest absolute Gasteiger partial charge is 0.306 e. The Morgan fingerprint density at radius 2 is 1.70 bits per heavy atom. The minimum atomic E-state index is -1.15. The van der Waals surface area contributed by atoms with Crippen molar-refractivity contribution in [3.8, 4) is 5.75 Å². The van der Waals surface area contributed by atoms with Crippen molar-refractivity contribution >= 4 is 23.5 Å². The largest absolute Gasteiger partial charge is 0.491 e. The summed E-state index contributed by atoms with van der Waals surface area (Å²) < 4.78 is 15.7. The van der Waals surface area contributed by atoms with E-state index in [-0.39, 0.29) is 50.7 Å². The Bertz CT molecular complexity index is 1090. The van der Waals surface area contributed by atoms with Crippen LogP contribution in [0.25, 0.3) is 0 Å². The number of carbonyl (C=O) groups excluding carboxylic acids is 2. The molecular weight excluding hydrogens is 636 g/mol. The van der Waals surface area contributed by atoms with Crippen molar-refractivity contribution in [3.63, 3.8) is 0 Å². The molecule has 0 heterocycles. The summed E-state index contributed by atoms with van der Waals surface area (Å²) in [6.45, 7) is -1.14. The van der Waals surface area contributed by atoms with Crippen LogP contribution in [0.1, 0.15) is 44.9 Å². The van der Waals surface area contributed by atoms with Gasteiger partial charge in [0.25, 0.3) is 0 Å². The summed E-state index contributed by atoms with van der Waals surface area (Å²) in [6.07, 6.45) is 4.96. The number of rotatable bonds is 22. The predicted octanol–water partition coefficient (Wildman–Crippen LogP) is 2.37. The van der Waals surface area contributed by atoms with Crippen LogP contribution >= 0.6 is 11.6 Å². The average Bonchev–Trinajstić information content (AvgIpc) is 3.27. The fourth-order valence-electron chi connectivity index (χ4n) is 4.62. The molecule has 1 saturated carbocycles. The van der Waals surface area contributed by atoms with Crippen molar-refractivity contribution in [2.45, 2.75) is 69.4 Å². The molecule has 17 heteroatoms. The van der Waals surface area contributed by atoms with Gasteiger partial charge in [-0.25, -0.2) is 4.84 Å². The Kier molecular flexibility index (Phi) is 18.8. The number of allylic oxidation sites excluding steroid dienone is 2. The standard InChI is InChI=1S/C29H43ClN2O14/c30-20-7-5-8-22(15-20)42-17-21(33)12-13-25-24(26(34)16-27(25)35)9-3-1-2-4-10-28(36)43-18-23(19-45-32(40)41)46-29(37)11-6-14-44-31(38)39/h1,3,5,7-8,12-13,15,21,23-27,33-35,38-41H,2,4,6,9-11,14,16-19H2/b3-1-,13-12+/t21-,23?,24-,25-,26+,27-/m1/s1. The molecule has 1 aliphatic carbocycles. The van der Waals surface area contributed by atoms with Gasteiger partial charge in [0.05, 0.1) is 29.6 Å². The molecule has 0 aliphatic heterocycles. The lowest BCUT2D eigenvalue weighted by molar-refractivity contribution is -0.495. The first-order valence-electron chi connectivity index (χ1n) is 14.7. The number of ether oxygens (including phenoxy) is 3. The van der Waals surface area contributed by atoms with Crippen LogP contribution in [0, 0.1) is 11.8 Å². The molecule has 0 radical (unpaired) electrons. The fourth-order valence-corrected chi connectivity index (χ4v) is 4.80. The minimum Gasteiger partial charge on any atom is -0.491 e. The highest BCUT2D eigenvalue weighted by Crippen LogP contribution is 2.36. The van der Waals surface area contributed by atoms with Crippen LogP contribution < -0.4 is 4.74 Å². The Labute approximate surface area is 270 Å². The number of unbranched alkanes of at least 4 members (excludes halogenated alkanes) is 1. The molecule has 0 aromatic heterocycles. The van der Waals surface area contributed by atoms with E-state index in [4.69, 9.17) is 46.6 Å². The van der Waals surface area contributed by atoms with Crippen molar-refractivity contribution in [1.82, 2.24) is 10.8 Å². The van der Waals surface area contributed by atoms with Gasteiger partial charge >= 0.3 is 11.9 Å². The summed E-state index contributed by atoms with van der Waals surface area (Å²) in [6, 6.07) is 6.79. The Morgan fingerprint density at radius 3 is 2.41 bits per heavy atom. The van der Waals surface area contributed by atoms with Gasteiger partial charge in [-0.15, -0.1) is 0 Å². The monoisotopic (exact) mass is 678 g/mol. The van der Waals surface area contributed by atoms with Gasteiger partial charge in [-0.3, -0.25) is 35.3 Å². The lowest BCUT2D eigenvalue weighted by atomic mass is 9.89. The number of hydrogen-bond donors (Lipinski definition) is 7. The number of aliphatic hydroxyl groups excluding tert-OH is 3. The first kappa shape index (κ1) is 39.5. The molecule has 6 atom stereocenters. The average molecular weight is 679 g/mol. The molecule has 1 aromatic carbocycles. The SMILES string of the molecule is O=C(CCC/C=C\C[C@@H]1[C@@H](/C=C/[C@@H](O)COc2cccc(Cl)c2)[C@H](O)C[C@@H]1O)OCC(CON(O)O)OC(=O)CCCON(O)O. The van der Waals surface area contributed by atoms with Crippen molar-refractivity contribution in [2.24, 2.45) is 11.8 Å². The molecule has 0 spiro atoms. The normalized spacial score (nSPS) is 21.3. The number of aliphatic hydroxyl groups is 3. The van der Waals surface area contributed by atoms with E-state index in [0.717, 1.165) is 0 Å². The molecule has 0 bridgehead atoms. The quantitative estimate of drug-likeness (QED) is 0.0404. The van der Waals surface area contributed by atoms with Crippen LogP contribution in [0.3, 0.4) is 0 Å². The summed E-state index contributed by atoms with van der Waals surface area (Å²) >= 11 is 5.93. The molecule has 46 heavy (non-hydrogen) atoms. The molecule has 1 aromatic rings. The Hall–Kier alpha value is -2.71. The zero-order chi connectivity index (χ0) is 33.9. The second-order valence-electron chi connectivity index (χ2n) is 10.5. The number of benzene rings is 1. The number of nitrogens with zero attached hydrogens (tertiary/aromatic N) is 2. The number of halogens is 1. The third kappa shape index (κ3) is 16.7. The first-order chi connectivity index (χ1) is 21.9. The summed E-state index contributed by atoms with van der Waals surface area (Å²) in [5, 5.41) is 65.1. The van der Waals surface area contributed by atoms with Crippen molar-refractivity contribution < 1.29 is 69.6 Å². The molecule has 1 fully saturated rings. The highest BCUT2D eigenvalue weighted by atomic mass is 35.5.